The van der Waals surface area contributed by atoms with Gasteiger partial charge >= 0.3 is 11.8 Å². The smallest absolute Gasteiger partial charge is 0.416 e. The van der Waals surface area contributed by atoms with Gasteiger partial charge in [0.15, 0.2) is 0 Å². The van der Waals surface area contributed by atoms with Gasteiger partial charge in [-0.05, 0) is 56.3 Å². The van der Waals surface area contributed by atoms with Crippen molar-refractivity contribution in [2.24, 2.45) is 0 Å². The summed E-state index contributed by atoms with van der Waals surface area (Å²) >= 11 is 0. The maximum absolute atomic E-state index is 13.1. The lowest BCUT2D eigenvalue weighted by Crippen LogP contribution is -2.15. The highest BCUT2D eigenvalue weighted by Gasteiger charge is 2.30. The Balaban J connectivity index is 1.56. The van der Waals surface area contributed by atoms with Crippen LogP contribution in [-0.4, -0.2) is 15.7 Å². The number of carbonyl (C=O) groups is 1. The summed E-state index contributed by atoms with van der Waals surface area (Å²) in [6, 6.07) is 12.7. The Morgan fingerprint density at radius 3 is 2.62 bits per heavy atom. The molecule has 0 atom stereocenters. The number of nitrogens with zero attached hydrogens (tertiary/aromatic N) is 2. The van der Waals surface area contributed by atoms with Crippen molar-refractivity contribution in [3.05, 3.63) is 87.5 Å². The highest BCUT2D eigenvalue weighted by molar-refractivity contribution is 5.94. The first-order valence-electron chi connectivity index (χ1n) is 9.68. The molecule has 4 rings (SSSR count). The lowest BCUT2D eigenvalue weighted by molar-refractivity contribution is -0.137. The van der Waals surface area contributed by atoms with Crippen LogP contribution in [0.5, 0.6) is 0 Å². The quantitative estimate of drug-likeness (QED) is 0.462. The molecule has 2 heterocycles. The van der Waals surface area contributed by atoms with Gasteiger partial charge in [-0.15, -0.1) is 0 Å². The molecule has 0 aliphatic heterocycles. The van der Waals surface area contributed by atoms with Crippen molar-refractivity contribution >= 4 is 22.6 Å². The van der Waals surface area contributed by atoms with Crippen molar-refractivity contribution in [3.63, 3.8) is 0 Å². The van der Waals surface area contributed by atoms with E-state index in [4.69, 9.17) is 4.42 Å². The first-order chi connectivity index (χ1) is 15.1. The number of nitrogens with one attached hydrogen (secondary N) is 1. The van der Waals surface area contributed by atoms with E-state index in [1.54, 1.807) is 38.1 Å². The summed E-state index contributed by atoms with van der Waals surface area (Å²) in [5, 5.41) is 7.78. The minimum atomic E-state index is -4.46. The van der Waals surface area contributed by atoms with Gasteiger partial charge in [-0.3, -0.25) is 4.79 Å². The van der Waals surface area contributed by atoms with Crippen LogP contribution in [0.3, 0.4) is 0 Å². The number of hydrogen-bond acceptors (Lipinski definition) is 4. The van der Waals surface area contributed by atoms with Crippen LogP contribution >= 0.6 is 0 Å². The van der Waals surface area contributed by atoms with Crippen molar-refractivity contribution in [1.82, 2.24) is 9.78 Å². The number of halogens is 3. The number of fused-ring (bicyclic) bond motifs is 1. The Labute approximate surface area is 180 Å². The highest BCUT2D eigenvalue weighted by Crippen LogP contribution is 2.31. The number of hydrogen-bond donors (Lipinski definition) is 1. The molecule has 0 unspecified atom stereocenters. The van der Waals surface area contributed by atoms with E-state index in [-0.39, 0.29) is 18.0 Å². The van der Waals surface area contributed by atoms with E-state index >= 15 is 0 Å². The van der Waals surface area contributed by atoms with Gasteiger partial charge in [0.2, 0.25) is 5.91 Å². The minimum absolute atomic E-state index is 0.00145. The van der Waals surface area contributed by atoms with E-state index in [2.05, 4.69) is 10.4 Å². The van der Waals surface area contributed by atoms with Crippen molar-refractivity contribution in [1.29, 1.82) is 0 Å². The lowest BCUT2D eigenvalue weighted by atomic mass is 10.1. The summed E-state index contributed by atoms with van der Waals surface area (Å²) in [4.78, 5) is 23.9. The third kappa shape index (κ3) is 4.27. The molecule has 164 valence electrons. The number of benzene rings is 2. The molecule has 1 amide bonds. The molecule has 0 fully saturated rings. The third-order valence-corrected chi connectivity index (χ3v) is 5.10. The molecule has 4 aromatic rings. The fourth-order valence-electron chi connectivity index (χ4n) is 3.51. The van der Waals surface area contributed by atoms with Crippen LogP contribution in [0.25, 0.3) is 16.7 Å². The Morgan fingerprint density at radius 1 is 1.09 bits per heavy atom. The van der Waals surface area contributed by atoms with Crippen LogP contribution < -0.4 is 10.9 Å². The van der Waals surface area contributed by atoms with E-state index in [1.165, 1.54) is 22.9 Å². The Kier molecular flexibility index (Phi) is 5.33. The van der Waals surface area contributed by atoms with E-state index in [0.29, 0.717) is 33.6 Å². The molecule has 0 radical (unpaired) electrons. The van der Waals surface area contributed by atoms with E-state index in [9.17, 15) is 22.8 Å². The van der Waals surface area contributed by atoms with Crippen molar-refractivity contribution in [2.45, 2.75) is 26.4 Å². The molecule has 2 aromatic carbocycles. The fraction of sp³-hybridized carbons (Fsp3) is 0.174. The van der Waals surface area contributed by atoms with Gasteiger partial charge in [0.25, 0.3) is 0 Å². The molecule has 32 heavy (non-hydrogen) atoms. The Hall–Kier alpha value is -3.88. The first-order valence-corrected chi connectivity index (χ1v) is 9.68. The Bertz CT molecular complexity index is 1390. The number of anilines is 1. The van der Waals surface area contributed by atoms with Crippen LogP contribution in [0.4, 0.5) is 18.9 Å². The standard InChI is InChI=1S/C23H18F3N3O3/c1-13-19(14(2)29(28-13)18-5-3-4-16(11-18)23(24,25)26)12-21(30)27-17-7-8-20-15(10-17)6-9-22(31)32-20/h3-11H,12H2,1-2H3,(H,27,30). The zero-order valence-corrected chi connectivity index (χ0v) is 17.2. The number of aromatic nitrogens is 2. The fourth-order valence-corrected chi connectivity index (χ4v) is 3.51. The summed E-state index contributed by atoms with van der Waals surface area (Å²) in [5.74, 6) is -0.309. The number of rotatable bonds is 4. The lowest BCUT2D eigenvalue weighted by Gasteiger charge is -2.10. The maximum atomic E-state index is 13.1. The van der Waals surface area contributed by atoms with Crippen LogP contribution in [0.15, 0.2) is 63.8 Å². The highest BCUT2D eigenvalue weighted by atomic mass is 19.4. The molecule has 0 aliphatic rings. The largest absolute Gasteiger partial charge is 0.423 e. The van der Waals surface area contributed by atoms with Crippen molar-refractivity contribution in [2.75, 3.05) is 5.32 Å². The summed E-state index contributed by atoms with van der Waals surface area (Å²) in [6.45, 7) is 3.42. The van der Waals surface area contributed by atoms with Crippen LogP contribution in [0.1, 0.15) is 22.5 Å². The summed E-state index contributed by atoms with van der Waals surface area (Å²) in [5.41, 5.74) is 1.73. The average Bonchev–Trinajstić information content (AvgIpc) is 3.01. The van der Waals surface area contributed by atoms with Gasteiger partial charge in [-0.25, -0.2) is 9.48 Å². The van der Waals surface area contributed by atoms with Gasteiger partial charge in [-0.2, -0.15) is 18.3 Å². The third-order valence-electron chi connectivity index (χ3n) is 5.10. The number of amides is 1. The van der Waals surface area contributed by atoms with E-state index in [1.807, 2.05) is 0 Å². The molecule has 1 N–H and O–H groups in total. The second-order valence-electron chi connectivity index (χ2n) is 7.34. The molecule has 6 nitrogen and oxygen atoms in total. The van der Waals surface area contributed by atoms with Crippen LogP contribution in [0, 0.1) is 13.8 Å². The molecule has 9 heteroatoms. The molecule has 0 saturated heterocycles. The SMILES string of the molecule is Cc1nn(-c2cccc(C(F)(F)F)c2)c(C)c1CC(=O)Nc1ccc2oc(=O)ccc2c1. The molecular weight excluding hydrogens is 423 g/mol. The van der Waals surface area contributed by atoms with Gasteiger partial charge in [-0.1, -0.05) is 6.07 Å². The predicted octanol–water partition coefficient (Wildman–Crippen LogP) is 4.80. The van der Waals surface area contributed by atoms with Gasteiger partial charge in [0, 0.05) is 28.4 Å². The van der Waals surface area contributed by atoms with Gasteiger partial charge < -0.3 is 9.73 Å². The predicted molar refractivity (Wildman–Crippen MR) is 113 cm³/mol. The topological polar surface area (TPSA) is 77.1 Å². The van der Waals surface area contributed by atoms with E-state index < -0.39 is 17.4 Å². The normalized spacial score (nSPS) is 11.7. The zero-order chi connectivity index (χ0) is 23.0. The molecule has 0 spiro atoms. The summed E-state index contributed by atoms with van der Waals surface area (Å²) in [7, 11) is 0. The molecular formula is C23H18F3N3O3. The molecule has 0 bridgehead atoms. The summed E-state index contributed by atoms with van der Waals surface area (Å²) < 4.78 is 45.7. The van der Waals surface area contributed by atoms with Gasteiger partial charge in [0.1, 0.15) is 5.58 Å². The zero-order valence-electron chi connectivity index (χ0n) is 17.2. The first kappa shape index (κ1) is 21.4. The Morgan fingerprint density at radius 2 is 1.88 bits per heavy atom. The number of carbonyl (C=O) groups excluding carboxylic acids is 1. The van der Waals surface area contributed by atoms with Gasteiger partial charge in [0.05, 0.1) is 23.4 Å². The second-order valence-corrected chi connectivity index (χ2v) is 7.34. The molecule has 0 saturated carbocycles. The molecule has 2 aromatic heterocycles. The minimum Gasteiger partial charge on any atom is -0.423 e. The number of alkyl halides is 3. The average molecular weight is 441 g/mol. The van der Waals surface area contributed by atoms with Crippen LogP contribution in [0.2, 0.25) is 0 Å². The number of aryl methyl sites for hydroxylation is 1. The monoisotopic (exact) mass is 441 g/mol. The maximum Gasteiger partial charge on any atom is 0.416 e. The van der Waals surface area contributed by atoms with Crippen molar-refractivity contribution < 1.29 is 22.4 Å². The van der Waals surface area contributed by atoms with E-state index in [0.717, 1.165) is 12.1 Å². The summed E-state index contributed by atoms with van der Waals surface area (Å²) in [6.07, 6.45) is -4.46. The van der Waals surface area contributed by atoms with Crippen LogP contribution in [-0.2, 0) is 17.4 Å². The molecule has 0 aliphatic carbocycles. The van der Waals surface area contributed by atoms with Crippen molar-refractivity contribution in [3.8, 4) is 5.69 Å². The second kappa shape index (κ2) is 7.99.